The Balaban J connectivity index is 2.18. The van der Waals surface area contributed by atoms with Crippen LogP contribution in [0.2, 0.25) is 0 Å². The van der Waals surface area contributed by atoms with Crippen molar-refractivity contribution in [3.8, 4) is 5.75 Å². The fourth-order valence-electron chi connectivity index (χ4n) is 1.79. The van der Waals surface area contributed by atoms with Gasteiger partial charge in [-0.2, -0.15) is 0 Å². The van der Waals surface area contributed by atoms with Crippen LogP contribution in [0.1, 0.15) is 11.1 Å². The van der Waals surface area contributed by atoms with Crippen molar-refractivity contribution < 1.29 is 19.0 Å². The zero-order valence-corrected chi connectivity index (χ0v) is 9.36. The number of hydrogen-bond acceptors (Lipinski definition) is 4. The van der Waals surface area contributed by atoms with Crippen LogP contribution in [0.5, 0.6) is 5.75 Å². The monoisotopic (exact) mass is 222 g/mol. The summed E-state index contributed by atoms with van der Waals surface area (Å²) in [6.07, 6.45) is 0.0809. The van der Waals surface area contributed by atoms with Crippen molar-refractivity contribution in [3.63, 3.8) is 0 Å². The average Bonchev–Trinajstić information content (AvgIpc) is 2.36. The number of carbonyl (C=O) groups excluding carboxylic acids is 1. The first-order valence-corrected chi connectivity index (χ1v) is 5.10. The normalized spacial score (nSPS) is 18.8. The van der Waals surface area contributed by atoms with Crippen molar-refractivity contribution in [2.24, 2.45) is 0 Å². The molecule has 4 nitrogen and oxygen atoms in total. The van der Waals surface area contributed by atoms with Crippen molar-refractivity contribution in [1.82, 2.24) is 0 Å². The molecule has 0 spiro atoms. The Hall–Kier alpha value is -1.55. The number of methoxy groups -OCH3 is 2. The number of rotatable bonds is 2. The van der Waals surface area contributed by atoms with Gasteiger partial charge in [0.2, 0.25) is 0 Å². The number of benzene rings is 1. The lowest BCUT2D eigenvalue weighted by Crippen LogP contribution is -2.31. The van der Waals surface area contributed by atoms with E-state index in [0.717, 1.165) is 16.9 Å². The van der Waals surface area contributed by atoms with Gasteiger partial charge in [0.05, 0.1) is 20.8 Å². The number of fused-ring (bicyclic) bond motifs is 1. The van der Waals surface area contributed by atoms with Gasteiger partial charge in [0.1, 0.15) is 5.75 Å². The smallest absolute Gasteiger partial charge is 0.335 e. The molecule has 1 aromatic carbocycles. The number of carbonyl (C=O) groups is 1. The molecule has 0 amide bonds. The van der Waals surface area contributed by atoms with Crippen LogP contribution in [0.25, 0.3) is 0 Å². The lowest BCUT2D eigenvalue weighted by molar-refractivity contribution is -0.155. The van der Waals surface area contributed by atoms with E-state index in [0.29, 0.717) is 13.0 Å². The number of ether oxygens (including phenoxy) is 3. The van der Waals surface area contributed by atoms with Gasteiger partial charge in [-0.3, -0.25) is 0 Å². The third-order valence-corrected chi connectivity index (χ3v) is 2.72. The molecule has 4 heteroatoms. The lowest BCUT2D eigenvalue weighted by Gasteiger charge is -2.23. The standard InChI is InChI=1S/C12H14O4/c1-14-10-4-3-8-6-11(12(13)15-2)16-7-9(8)5-10/h3-5,11H,6-7H2,1-2H3. The molecule has 0 aliphatic carbocycles. The molecule has 0 saturated heterocycles. The summed E-state index contributed by atoms with van der Waals surface area (Å²) in [7, 11) is 3.00. The molecule has 1 aliphatic rings. The Morgan fingerprint density at radius 1 is 1.38 bits per heavy atom. The first-order valence-electron chi connectivity index (χ1n) is 5.10. The molecule has 2 rings (SSSR count). The highest BCUT2D eigenvalue weighted by molar-refractivity contribution is 5.75. The second-order valence-corrected chi connectivity index (χ2v) is 3.66. The molecule has 1 unspecified atom stereocenters. The van der Waals surface area contributed by atoms with E-state index >= 15 is 0 Å². The van der Waals surface area contributed by atoms with E-state index in [9.17, 15) is 4.79 Å². The molecule has 1 heterocycles. The van der Waals surface area contributed by atoms with E-state index in [-0.39, 0.29) is 5.97 Å². The molecule has 16 heavy (non-hydrogen) atoms. The van der Waals surface area contributed by atoms with Crippen LogP contribution in [0.3, 0.4) is 0 Å². The fraction of sp³-hybridized carbons (Fsp3) is 0.417. The lowest BCUT2D eigenvalue weighted by atomic mass is 9.99. The van der Waals surface area contributed by atoms with Crippen LogP contribution >= 0.6 is 0 Å². The summed E-state index contributed by atoms with van der Waals surface area (Å²) in [5.74, 6) is 0.486. The van der Waals surface area contributed by atoms with Gasteiger partial charge in [-0.1, -0.05) is 6.07 Å². The zero-order chi connectivity index (χ0) is 11.5. The molecule has 1 aromatic rings. The highest BCUT2D eigenvalue weighted by atomic mass is 16.6. The Labute approximate surface area is 94.1 Å². The fourth-order valence-corrected chi connectivity index (χ4v) is 1.79. The molecule has 0 fully saturated rings. The van der Waals surface area contributed by atoms with E-state index in [1.807, 2.05) is 18.2 Å². The molecular weight excluding hydrogens is 208 g/mol. The summed E-state index contributed by atoms with van der Waals surface area (Å²) in [5.41, 5.74) is 2.18. The number of esters is 1. The molecule has 1 atom stereocenters. The summed E-state index contributed by atoms with van der Waals surface area (Å²) in [5, 5.41) is 0. The van der Waals surface area contributed by atoms with Crippen LogP contribution in [0.15, 0.2) is 18.2 Å². The highest BCUT2D eigenvalue weighted by Gasteiger charge is 2.26. The number of hydrogen-bond donors (Lipinski definition) is 0. The third-order valence-electron chi connectivity index (χ3n) is 2.72. The summed E-state index contributed by atoms with van der Waals surface area (Å²) >= 11 is 0. The van der Waals surface area contributed by atoms with Crippen LogP contribution < -0.4 is 4.74 Å². The first-order chi connectivity index (χ1) is 7.74. The van der Waals surface area contributed by atoms with Gasteiger partial charge in [-0.25, -0.2) is 4.79 Å². The Morgan fingerprint density at radius 2 is 2.19 bits per heavy atom. The molecular formula is C12H14O4. The molecule has 0 radical (unpaired) electrons. The maximum Gasteiger partial charge on any atom is 0.335 e. The Bertz CT molecular complexity index is 400. The van der Waals surface area contributed by atoms with Gasteiger partial charge >= 0.3 is 5.97 Å². The van der Waals surface area contributed by atoms with Crippen molar-refractivity contribution in [3.05, 3.63) is 29.3 Å². The Kier molecular flexibility index (Phi) is 3.10. The molecule has 0 bridgehead atoms. The molecule has 0 N–H and O–H groups in total. The van der Waals surface area contributed by atoms with Crippen molar-refractivity contribution in [2.45, 2.75) is 19.1 Å². The van der Waals surface area contributed by atoms with Crippen LogP contribution in [0.4, 0.5) is 0 Å². The van der Waals surface area contributed by atoms with E-state index in [2.05, 4.69) is 4.74 Å². The Morgan fingerprint density at radius 3 is 2.88 bits per heavy atom. The second-order valence-electron chi connectivity index (χ2n) is 3.66. The van der Waals surface area contributed by atoms with Gasteiger partial charge in [0.15, 0.2) is 6.10 Å². The minimum atomic E-state index is -0.481. The predicted molar refractivity (Wildman–Crippen MR) is 57.3 cm³/mol. The maximum atomic E-state index is 11.3. The SMILES string of the molecule is COC(=O)C1Cc2ccc(OC)cc2CO1. The van der Waals surface area contributed by atoms with Crippen LogP contribution in [0, 0.1) is 0 Å². The molecule has 0 saturated carbocycles. The van der Waals surface area contributed by atoms with E-state index < -0.39 is 6.10 Å². The topological polar surface area (TPSA) is 44.8 Å². The van der Waals surface area contributed by atoms with Crippen molar-refractivity contribution in [1.29, 1.82) is 0 Å². The van der Waals surface area contributed by atoms with Gasteiger partial charge in [-0.15, -0.1) is 0 Å². The van der Waals surface area contributed by atoms with Crippen LogP contribution in [-0.4, -0.2) is 26.3 Å². The molecule has 0 aromatic heterocycles. The minimum Gasteiger partial charge on any atom is -0.497 e. The van der Waals surface area contributed by atoms with E-state index in [4.69, 9.17) is 9.47 Å². The second kappa shape index (κ2) is 4.53. The highest BCUT2D eigenvalue weighted by Crippen LogP contribution is 2.25. The zero-order valence-electron chi connectivity index (χ0n) is 9.36. The minimum absolute atomic E-state index is 0.318. The van der Waals surface area contributed by atoms with Gasteiger partial charge < -0.3 is 14.2 Å². The van der Waals surface area contributed by atoms with Crippen molar-refractivity contribution >= 4 is 5.97 Å². The average molecular weight is 222 g/mol. The first kappa shape index (κ1) is 11.0. The summed E-state index contributed by atoms with van der Waals surface area (Å²) in [6, 6.07) is 5.79. The van der Waals surface area contributed by atoms with Gasteiger partial charge in [0.25, 0.3) is 0 Å². The summed E-state index contributed by atoms with van der Waals surface area (Å²) < 4.78 is 15.2. The van der Waals surface area contributed by atoms with E-state index in [1.54, 1.807) is 7.11 Å². The van der Waals surface area contributed by atoms with Crippen LogP contribution in [-0.2, 0) is 27.3 Å². The molecule has 1 aliphatic heterocycles. The maximum absolute atomic E-state index is 11.3. The summed E-state index contributed by atoms with van der Waals surface area (Å²) in [6.45, 7) is 0.423. The largest absolute Gasteiger partial charge is 0.497 e. The van der Waals surface area contributed by atoms with Gasteiger partial charge in [-0.05, 0) is 23.3 Å². The van der Waals surface area contributed by atoms with Gasteiger partial charge in [0, 0.05) is 6.42 Å². The third kappa shape index (κ3) is 2.02. The molecule has 86 valence electrons. The van der Waals surface area contributed by atoms with E-state index in [1.165, 1.54) is 7.11 Å². The quantitative estimate of drug-likeness (QED) is 0.708. The summed E-state index contributed by atoms with van der Waals surface area (Å²) in [4.78, 5) is 11.3. The predicted octanol–water partition coefficient (Wildman–Crippen LogP) is 1.31. The van der Waals surface area contributed by atoms with Crippen molar-refractivity contribution in [2.75, 3.05) is 14.2 Å².